The van der Waals surface area contributed by atoms with Crippen molar-refractivity contribution in [2.45, 2.75) is 63.6 Å². The Labute approximate surface area is 182 Å². The fourth-order valence-electron chi connectivity index (χ4n) is 7.31. The van der Waals surface area contributed by atoms with Gasteiger partial charge in [-0.1, -0.05) is 19.9 Å². The molecule has 0 unspecified atom stereocenters. The highest BCUT2D eigenvalue weighted by Crippen LogP contribution is 2.71. The number of halogens is 3. The van der Waals surface area contributed by atoms with E-state index in [9.17, 15) is 24.9 Å². The van der Waals surface area contributed by atoms with E-state index < -0.39 is 70.3 Å². The first-order valence-electron chi connectivity index (χ1n) is 10.3. The van der Waals surface area contributed by atoms with Gasteiger partial charge in [-0.25, -0.2) is 8.78 Å². The Morgan fingerprint density at radius 1 is 1.30 bits per heavy atom. The molecule has 0 aliphatic heterocycles. The third-order valence-electron chi connectivity index (χ3n) is 8.84. The lowest BCUT2D eigenvalue weighted by atomic mass is 9.44. The molecule has 0 aromatic heterocycles. The fraction of sp³-hybridized carbons (Fsp3) is 0.727. The Morgan fingerprint density at radius 2 is 1.93 bits per heavy atom. The smallest absolute Gasteiger partial charge is 0.192 e. The van der Waals surface area contributed by atoms with Crippen LogP contribution in [0.5, 0.6) is 0 Å². The first-order chi connectivity index (χ1) is 13.8. The predicted molar refractivity (Wildman–Crippen MR) is 108 cm³/mol. The van der Waals surface area contributed by atoms with E-state index in [1.807, 2.05) is 0 Å². The van der Waals surface area contributed by atoms with E-state index in [4.69, 9.17) is 0 Å². The van der Waals surface area contributed by atoms with Gasteiger partial charge in [-0.15, -0.1) is 0 Å². The summed E-state index contributed by atoms with van der Waals surface area (Å²) in [5.41, 5.74) is -6.96. The molecule has 0 radical (unpaired) electrons. The minimum absolute atomic E-state index is 0.0184. The number of ketones is 2. The quantitative estimate of drug-likeness (QED) is 0.555. The molecule has 4 rings (SSSR count). The topological polar surface area (TPSA) is 94.8 Å². The number of allylic oxidation sites excluding steroid dienone is 4. The Bertz CT molecular complexity index is 889. The number of aliphatic hydroxyl groups excluding tert-OH is 2. The highest BCUT2D eigenvalue weighted by Gasteiger charge is 2.76. The molecule has 166 valence electrons. The van der Waals surface area contributed by atoms with Gasteiger partial charge in [-0.2, -0.15) is 0 Å². The van der Waals surface area contributed by atoms with Crippen LogP contribution in [0.1, 0.15) is 40.0 Å². The maximum atomic E-state index is 17.0. The molecular formula is C22H27BrF2O5. The van der Waals surface area contributed by atoms with Crippen molar-refractivity contribution < 1.29 is 33.7 Å². The zero-order valence-electron chi connectivity index (χ0n) is 17.2. The Balaban J connectivity index is 1.89. The maximum Gasteiger partial charge on any atom is 0.192 e. The second kappa shape index (κ2) is 6.53. The summed E-state index contributed by atoms with van der Waals surface area (Å²) >= 11 is 3.14. The van der Waals surface area contributed by atoms with E-state index in [2.05, 4.69) is 15.9 Å². The largest absolute Gasteiger partial charge is 0.390 e. The second-order valence-electron chi connectivity index (χ2n) is 9.96. The SMILES string of the molecule is C[C@H]1C[C@H]2[C@@H]3C[C@@H](F)C4=CC(=O)C(Br)=C[C@]4(C)[C@@]3(F)[C@@H](O)C[C@]2(C)[C@@]1(O)C(=O)CO. The van der Waals surface area contributed by atoms with E-state index >= 15 is 8.78 Å². The van der Waals surface area contributed by atoms with Crippen molar-refractivity contribution in [2.24, 2.45) is 28.6 Å². The van der Waals surface area contributed by atoms with Crippen LogP contribution in [0.3, 0.4) is 0 Å². The molecule has 0 aromatic rings. The number of hydrogen-bond acceptors (Lipinski definition) is 5. The standard InChI is InChI=1S/C22H27BrF2O5/c1-10-4-11-12-5-15(24)13-6-16(27)14(23)7-19(13,2)21(12,25)17(28)8-20(11,3)22(10,30)18(29)9-26/h6-7,10-12,15,17,26,28,30H,4-5,8-9H2,1-3H3/t10-,11-,12-,15+,17-,19-,20-,21-,22-/m0/s1. The number of carbonyl (C=O) groups excluding carboxylic acids is 2. The Morgan fingerprint density at radius 3 is 2.53 bits per heavy atom. The number of hydrogen-bond donors (Lipinski definition) is 3. The number of alkyl halides is 2. The molecule has 0 saturated heterocycles. The van der Waals surface area contributed by atoms with Gasteiger partial charge >= 0.3 is 0 Å². The summed E-state index contributed by atoms with van der Waals surface area (Å²) in [5, 5.41) is 32.0. The van der Waals surface area contributed by atoms with Gasteiger partial charge in [0, 0.05) is 16.7 Å². The third-order valence-corrected chi connectivity index (χ3v) is 9.46. The summed E-state index contributed by atoms with van der Waals surface area (Å²) in [6.07, 6.45) is -0.892. The molecule has 0 heterocycles. The van der Waals surface area contributed by atoms with Gasteiger partial charge in [-0.05, 0) is 65.6 Å². The predicted octanol–water partition coefficient (Wildman–Crippen LogP) is 2.57. The first kappa shape index (κ1) is 22.2. The highest BCUT2D eigenvalue weighted by molar-refractivity contribution is 9.12. The number of aliphatic hydroxyl groups is 3. The van der Waals surface area contributed by atoms with Crippen molar-refractivity contribution in [1.82, 2.24) is 0 Å². The molecule has 8 heteroatoms. The van der Waals surface area contributed by atoms with Crippen molar-refractivity contribution in [3.63, 3.8) is 0 Å². The van der Waals surface area contributed by atoms with Crippen molar-refractivity contribution >= 4 is 27.5 Å². The Kier molecular flexibility index (Phi) is 4.84. The van der Waals surface area contributed by atoms with Crippen molar-refractivity contribution in [3.8, 4) is 0 Å². The molecule has 5 nitrogen and oxygen atoms in total. The molecule has 3 fully saturated rings. The number of carbonyl (C=O) groups is 2. The number of Topliss-reactive ketones (excluding diaryl/α,β-unsaturated/α-hetero) is 1. The van der Waals surface area contributed by atoms with E-state index in [0.29, 0.717) is 0 Å². The van der Waals surface area contributed by atoms with Crippen LogP contribution in [0.15, 0.2) is 22.2 Å². The number of rotatable bonds is 2. The van der Waals surface area contributed by atoms with Gasteiger partial charge in [0.05, 0.1) is 10.6 Å². The first-order valence-corrected chi connectivity index (χ1v) is 11.1. The second-order valence-corrected chi connectivity index (χ2v) is 10.8. The summed E-state index contributed by atoms with van der Waals surface area (Å²) in [4.78, 5) is 24.7. The van der Waals surface area contributed by atoms with Crippen molar-refractivity contribution in [3.05, 3.63) is 22.2 Å². The van der Waals surface area contributed by atoms with Crippen LogP contribution in [-0.4, -0.2) is 57.0 Å². The lowest BCUT2D eigenvalue weighted by molar-refractivity contribution is -0.223. The maximum absolute atomic E-state index is 17.0. The molecule has 0 spiro atoms. The van der Waals surface area contributed by atoms with Crippen LogP contribution in [-0.2, 0) is 9.59 Å². The third kappa shape index (κ3) is 2.31. The summed E-state index contributed by atoms with van der Waals surface area (Å²) < 4.78 is 32.5. The molecular weight excluding hydrogens is 462 g/mol. The van der Waals surface area contributed by atoms with E-state index in [1.165, 1.54) is 13.0 Å². The molecule has 0 aromatic carbocycles. The zero-order valence-corrected chi connectivity index (χ0v) is 18.7. The van der Waals surface area contributed by atoms with Gasteiger partial charge in [0.2, 0.25) is 0 Å². The van der Waals surface area contributed by atoms with Gasteiger partial charge in [-0.3, -0.25) is 9.59 Å². The van der Waals surface area contributed by atoms with Gasteiger partial charge < -0.3 is 15.3 Å². The summed E-state index contributed by atoms with van der Waals surface area (Å²) in [5.74, 6) is -3.35. The fourth-order valence-corrected chi connectivity index (χ4v) is 7.88. The summed E-state index contributed by atoms with van der Waals surface area (Å²) in [6.45, 7) is 3.94. The summed E-state index contributed by atoms with van der Waals surface area (Å²) in [7, 11) is 0. The molecule has 4 aliphatic carbocycles. The van der Waals surface area contributed by atoms with Crippen LogP contribution in [0.25, 0.3) is 0 Å². The molecule has 0 bridgehead atoms. The molecule has 3 N–H and O–H groups in total. The summed E-state index contributed by atoms with van der Waals surface area (Å²) in [6, 6.07) is 0. The normalized spacial score (nSPS) is 52.7. The molecule has 3 saturated carbocycles. The van der Waals surface area contributed by atoms with Crippen molar-refractivity contribution in [1.29, 1.82) is 0 Å². The Hall–Kier alpha value is -0.960. The van der Waals surface area contributed by atoms with Crippen LogP contribution >= 0.6 is 15.9 Å². The zero-order chi connectivity index (χ0) is 22.4. The van der Waals surface area contributed by atoms with Crippen LogP contribution in [0.4, 0.5) is 8.78 Å². The van der Waals surface area contributed by atoms with E-state index in [1.54, 1.807) is 13.8 Å². The van der Waals surface area contributed by atoms with Gasteiger partial charge in [0.1, 0.15) is 18.4 Å². The minimum atomic E-state index is -2.28. The van der Waals surface area contributed by atoms with Gasteiger partial charge in [0.15, 0.2) is 17.2 Å². The van der Waals surface area contributed by atoms with Crippen LogP contribution in [0.2, 0.25) is 0 Å². The molecule has 9 atom stereocenters. The molecule has 4 aliphatic rings. The lowest BCUT2D eigenvalue weighted by Crippen LogP contribution is -2.70. The van der Waals surface area contributed by atoms with Crippen molar-refractivity contribution in [2.75, 3.05) is 6.61 Å². The molecule has 30 heavy (non-hydrogen) atoms. The van der Waals surface area contributed by atoms with Crippen LogP contribution < -0.4 is 0 Å². The van der Waals surface area contributed by atoms with Gasteiger partial charge in [0.25, 0.3) is 0 Å². The lowest BCUT2D eigenvalue weighted by Gasteiger charge is -2.63. The monoisotopic (exact) mass is 488 g/mol. The number of fused-ring (bicyclic) bond motifs is 5. The highest BCUT2D eigenvalue weighted by atomic mass is 79.9. The van der Waals surface area contributed by atoms with E-state index in [0.717, 1.165) is 6.08 Å². The average molecular weight is 489 g/mol. The average Bonchev–Trinajstić information content (AvgIpc) is 2.87. The van der Waals surface area contributed by atoms with E-state index in [-0.39, 0.29) is 29.3 Å². The van der Waals surface area contributed by atoms with Crippen LogP contribution in [0, 0.1) is 28.6 Å². The minimum Gasteiger partial charge on any atom is -0.390 e. The molecule has 0 amide bonds.